The summed E-state index contributed by atoms with van der Waals surface area (Å²) in [6, 6.07) is 4.50. The monoisotopic (exact) mass is 249 g/mol. The zero-order chi connectivity index (χ0) is 9.26. The van der Waals surface area contributed by atoms with E-state index in [1.807, 2.05) is 12.3 Å². The van der Waals surface area contributed by atoms with Crippen molar-refractivity contribution in [3.63, 3.8) is 0 Å². The van der Waals surface area contributed by atoms with Gasteiger partial charge in [-0.1, -0.05) is 6.07 Å². The molecule has 2 rings (SSSR count). The lowest BCUT2D eigenvalue weighted by atomic mass is 10.1. The maximum atomic E-state index is 5.54. The second-order valence-electron chi connectivity index (χ2n) is 3.66. The van der Waals surface area contributed by atoms with Crippen molar-refractivity contribution in [3.8, 4) is 0 Å². The van der Waals surface area contributed by atoms with Gasteiger partial charge in [-0.25, -0.2) is 4.98 Å². The van der Waals surface area contributed by atoms with E-state index in [9.17, 15) is 0 Å². The zero-order valence-corrected chi connectivity index (χ0v) is 10.4. The molecule has 1 aromatic rings. The molecule has 2 heterocycles. The summed E-state index contributed by atoms with van der Waals surface area (Å²) in [6.45, 7) is 1.19. The number of anilines is 1. The quantitative estimate of drug-likeness (QED) is 0.831. The molecule has 1 atom stereocenters. The first-order valence-electron chi connectivity index (χ1n) is 4.69. The van der Waals surface area contributed by atoms with Crippen molar-refractivity contribution in [2.75, 3.05) is 19.3 Å². The first kappa shape index (κ1) is 14.5. The summed E-state index contributed by atoms with van der Waals surface area (Å²) in [5.41, 5.74) is 6.82. The minimum absolute atomic E-state index is 0. The molecule has 2 N–H and O–H groups in total. The summed E-state index contributed by atoms with van der Waals surface area (Å²) >= 11 is 0. The molecule has 1 unspecified atom stereocenters. The van der Waals surface area contributed by atoms with Crippen molar-refractivity contribution in [1.82, 2.24) is 9.88 Å². The minimum Gasteiger partial charge on any atom is -0.384 e. The fraction of sp³-hybridized carbons (Fsp3) is 0.500. The van der Waals surface area contributed by atoms with Crippen LogP contribution in [0.2, 0.25) is 0 Å². The highest BCUT2D eigenvalue weighted by Crippen LogP contribution is 2.29. The summed E-state index contributed by atoms with van der Waals surface area (Å²) in [4.78, 5) is 6.48. The third-order valence-electron chi connectivity index (χ3n) is 2.71. The highest BCUT2D eigenvalue weighted by Gasteiger charge is 2.22. The van der Waals surface area contributed by atoms with Crippen LogP contribution in [0.5, 0.6) is 0 Å². The van der Waals surface area contributed by atoms with Crippen LogP contribution in [0.25, 0.3) is 0 Å². The summed E-state index contributed by atoms with van der Waals surface area (Å²) < 4.78 is 0. The Hall–Kier alpha value is -0.510. The fourth-order valence-electron chi connectivity index (χ4n) is 1.95. The lowest BCUT2D eigenvalue weighted by Crippen LogP contribution is -2.17. The number of likely N-dealkylation sites (tertiary alicyclic amines) is 1. The van der Waals surface area contributed by atoms with Gasteiger partial charge in [-0.05, 0) is 38.1 Å². The molecule has 3 nitrogen and oxygen atoms in total. The van der Waals surface area contributed by atoms with Gasteiger partial charge >= 0.3 is 0 Å². The summed E-state index contributed by atoms with van der Waals surface area (Å²) in [6.07, 6.45) is 4.41. The van der Waals surface area contributed by atoms with Gasteiger partial charge in [0.25, 0.3) is 0 Å². The van der Waals surface area contributed by atoms with Crippen molar-refractivity contribution in [1.29, 1.82) is 0 Å². The van der Waals surface area contributed by atoms with E-state index >= 15 is 0 Å². The van der Waals surface area contributed by atoms with Crippen LogP contribution in [0.3, 0.4) is 0 Å². The molecule has 0 aromatic carbocycles. The van der Waals surface area contributed by atoms with Gasteiger partial charge in [-0.2, -0.15) is 0 Å². The van der Waals surface area contributed by atoms with Gasteiger partial charge in [0.1, 0.15) is 5.82 Å². The Labute approximate surface area is 103 Å². The molecule has 0 saturated carbocycles. The van der Waals surface area contributed by atoms with Crippen molar-refractivity contribution in [2.24, 2.45) is 0 Å². The van der Waals surface area contributed by atoms with E-state index in [2.05, 4.69) is 23.0 Å². The van der Waals surface area contributed by atoms with Crippen LogP contribution in [0, 0.1) is 0 Å². The van der Waals surface area contributed by atoms with Crippen LogP contribution in [-0.2, 0) is 0 Å². The van der Waals surface area contributed by atoms with Crippen molar-refractivity contribution >= 4 is 30.6 Å². The number of pyridine rings is 1. The standard InChI is InChI=1S/C10H15N3.2ClH/c1-13-6-2-3-9(13)8-4-5-10(11)12-7-8;;/h4-5,7,9H,2-3,6H2,1H3,(H2,11,12);2*1H. The maximum Gasteiger partial charge on any atom is 0.123 e. The van der Waals surface area contributed by atoms with Crippen LogP contribution in [0.15, 0.2) is 18.3 Å². The number of hydrogen-bond donors (Lipinski definition) is 1. The van der Waals surface area contributed by atoms with E-state index in [-0.39, 0.29) is 24.8 Å². The van der Waals surface area contributed by atoms with Gasteiger partial charge in [0.15, 0.2) is 0 Å². The highest BCUT2D eigenvalue weighted by molar-refractivity contribution is 5.85. The van der Waals surface area contributed by atoms with Gasteiger partial charge in [-0.15, -0.1) is 24.8 Å². The Kier molecular flexibility index (Phi) is 5.95. The lowest BCUT2D eigenvalue weighted by Gasteiger charge is -2.19. The first-order valence-corrected chi connectivity index (χ1v) is 4.69. The number of aromatic nitrogens is 1. The number of nitrogens with two attached hydrogens (primary N) is 1. The van der Waals surface area contributed by atoms with E-state index in [1.54, 1.807) is 0 Å². The maximum absolute atomic E-state index is 5.54. The predicted molar refractivity (Wildman–Crippen MR) is 67.8 cm³/mol. The second kappa shape index (κ2) is 6.16. The van der Waals surface area contributed by atoms with Gasteiger partial charge in [0.2, 0.25) is 0 Å². The first-order chi connectivity index (χ1) is 6.27. The molecule has 1 aliphatic rings. The number of nitrogen functional groups attached to an aromatic ring is 1. The molecule has 5 heteroatoms. The van der Waals surface area contributed by atoms with Crippen molar-refractivity contribution in [2.45, 2.75) is 18.9 Å². The highest BCUT2D eigenvalue weighted by atomic mass is 35.5. The van der Waals surface area contributed by atoms with Crippen LogP contribution < -0.4 is 5.73 Å². The van der Waals surface area contributed by atoms with E-state index in [0.29, 0.717) is 11.9 Å². The molecule has 0 aliphatic carbocycles. The lowest BCUT2D eigenvalue weighted by molar-refractivity contribution is 0.317. The molecule has 0 bridgehead atoms. The smallest absolute Gasteiger partial charge is 0.123 e. The molecule has 0 spiro atoms. The summed E-state index contributed by atoms with van der Waals surface area (Å²) in [5, 5.41) is 0. The third kappa shape index (κ3) is 3.23. The van der Waals surface area contributed by atoms with E-state index in [1.165, 1.54) is 24.9 Å². The van der Waals surface area contributed by atoms with E-state index in [4.69, 9.17) is 5.73 Å². The van der Waals surface area contributed by atoms with Gasteiger partial charge in [0.05, 0.1) is 0 Å². The summed E-state index contributed by atoms with van der Waals surface area (Å²) in [5.74, 6) is 0.601. The Morgan fingerprint density at radius 3 is 2.60 bits per heavy atom. The number of halogens is 2. The second-order valence-corrected chi connectivity index (χ2v) is 3.66. The van der Waals surface area contributed by atoms with Crippen LogP contribution in [-0.4, -0.2) is 23.5 Å². The molecule has 0 amide bonds. The minimum atomic E-state index is 0. The number of rotatable bonds is 1. The van der Waals surface area contributed by atoms with Crippen LogP contribution in [0.4, 0.5) is 5.82 Å². The SMILES string of the molecule is CN1CCCC1c1ccc(N)nc1.Cl.Cl. The molecule has 1 aliphatic heterocycles. The van der Waals surface area contributed by atoms with Crippen LogP contribution in [0.1, 0.15) is 24.4 Å². The van der Waals surface area contributed by atoms with E-state index in [0.717, 1.165) is 0 Å². The fourth-order valence-corrected chi connectivity index (χ4v) is 1.95. The van der Waals surface area contributed by atoms with Gasteiger partial charge in [-0.3, -0.25) is 4.90 Å². The Balaban J connectivity index is 0.000000980. The zero-order valence-electron chi connectivity index (χ0n) is 8.72. The normalized spacial score (nSPS) is 20.5. The molecule has 15 heavy (non-hydrogen) atoms. The molecule has 0 radical (unpaired) electrons. The molecular formula is C10H17Cl2N3. The molecule has 1 fully saturated rings. The molecular weight excluding hydrogens is 233 g/mol. The largest absolute Gasteiger partial charge is 0.384 e. The number of nitrogens with zero attached hydrogens (tertiary/aromatic N) is 2. The average molecular weight is 250 g/mol. The molecule has 1 aromatic heterocycles. The van der Waals surface area contributed by atoms with Crippen molar-refractivity contribution in [3.05, 3.63) is 23.9 Å². The Morgan fingerprint density at radius 1 is 1.40 bits per heavy atom. The third-order valence-corrected chi connectivity index (χ3v) is 2.71. The topological polar surface area (TPSA) is 42.1 Å². The van der Waals surface area contributed by atoms with Gasteiger partial charge < -0.3 is 5.73 Å². The Morgan fingerprint density at radius 2 is 2.13 bits per heavy atom. The Bertz CT molecular complexity index is 289. The van der Waals surface area contributed by atoms with Crippen molar-refractivity contribution < 1.29 is 0 Å². The predicted octanol–water partition coefficient (Wildman–Crippen LogP) is 2.27. The number of hydrogen-bond acceptors (Lipinski definition) is 3. The molecule has 86 valence electrons. The average Bonchev–Trinajstić information content (AvgIpc) is 2.53. The van der Waals surface area contributed by atoms with Gasteiger partial charge in [0, 0.05) is 12.2 Å². The summed E-state index contributed by atoms with van der Waals surface area (Å²) in [7, 11) is 2.16. The van der Waals surface area contributed by atoms with E-state index < -0.39 is 0 Å². The van der Waals surface area contributed by atoms with Crippen LogP contribution >= 0.6 is 24.8 Å². The molecule has 1 saturated heterocycles.